The number of nitrogens with zero attached hydrogens (tertiary/aromatic N) is 3. The quantitative estimate of drug-likeness (QED) is 0.762. The molecule has 6 nitrogen and oxygen atoms in total. The Morgan fingerprint density at radius 3 is 2.40 bits per heavy atom. The van der Waals surface area contributed by atoms with Crippen molar-refractivity contribution in [3.63, 3.8) is 0 Å². The number of nitrogens with one attached hydrogen (secondary N) is 1. The number of benzene rings is 2. The predicted molar refractivity (Wildman–Crippen MR) is 121 cm³/mol. The van der Waals surface area contributed by atoms with Crippen LogP contribution in [-0.4, -0.2) is 74.7 Å². The van der Waals surface area contributed by atoms with Crippen molar-refractivity contribution in [3.8, 4) is 5.75 Å². The van der Waals surface area contributed by atoms with Crippen LogP contribution in [0.25, 0.3) is 0 Å². The minimum Gasteiger partial charge on any atom is -0.497 e. The number of amides is 2. The van der Waals surface area contributed by atoms with E-state index < -0.39 is 0 Å². The third kappa shape index (κ3) is 5.97. The lowest BCUT2D eigenvalue weighted by molar-refractivity contribution is 0.133. The van der Waals surface area contributed by atoms with Gasteiger partial charge in [0.05, 0.1) is 13.2 Å². The summed E-state index contributed by atoms with van der Waals surface area (Å²) in [6, 6.07) is 16.8. The number of carbonyl (C=O) groups is 1. The highest BCUT2D eigenvalue weighted by atomic mass is 16.5. The van der Waals surface area contributed by atoms with Crippen LogP contribution >= 0.6 is 0 Å². The highest BCUT2D eigenvalue weighted by molar-refractivity contribution is 5.74. The van der Waals surface area contributed by atoms with Crippen molar-refractivity contribution in [1.29, 1.82) is 0 Å². The molecule has 1 aliphatic heterocycles. The molecule has 1 N–H and O–H groups in total. The van der Waals surface area contributed by atoms with Crippen molar-refractivity contribution in [1.82, 2.24) is 20.0 Å². The predicted octanol–water partition coefficient (Wildman–Crippen LogP) is 3.13. The Balaban J connectivity index is 1.48. The van der Waals surface area contributed by atoms with Gasteiger partial charge >= 0.3 is 6.03 Å². The Labute approximate surface area is 180 Å². The van der Waals surface area contributed by atoms with Gasteiger partial charge in [0.15, 0.2) is 0 Å². The van der Waals surface area contributed by atoms with Crippen LogP contribution in [-0.2, 0) is 6.54 Å². The molecular formula is C24H34N4O2. The first kappa shape index (κ1) is 22.1. The SMILES string of the molecule is COc1ccc(C(CNC(=O)N2CCN(Cc3cccc(C)c3)CC2)N(C)C)cc1. The molecule has 0 spiro atoms. The standard InChI is InChI=1S/C24H34N4O2/c1-19-6-5-7-20(16-19)18-27-12-14-28(15-13-27)24(29)25-17-23(26(2)3)21-8-10-22(30-4)11-9-21/h5-11,16,23H,12-15,17-18H2,1-4H3,(H,25,29). The molecule has 162 valence electrons. The van der Waals surface area contributed by atoms with Gasteiger partial charge in [-0.2, -0.15) is 0 Å². The van der Waals surface area contributed by atoms with Crippen LogP contribution in [0.1, 0.15) is 22.7 Å². The first-order valence-electron chi connectivity index (χ1n) is 10.6. The molecule has 0 aliphatic carbocycles. The van der Waals surface area contributed by atoms with Crippen molar-refractivity contribution < 1.29 is 9.53 Å². The van der Waals surface area contributed by atoms with Crippen molar-refractivity contribution in [2.45, 2.75) is 19.5 Å². The van der Waals surface area contributed by atoms with Gasteiger partial charge in [-0.25, -0.2) is 4.79 Å². The number of hydrogen-bond donors (Lipinski definition) is 1. The van der Waals surface area contributed by atoms with Crippen LogP contribution in [0.4, 0.5) is 4.79 Å². The maximum Gasteiger partial charge on any atom is 0.317 e. The van der Waals surface area contributed by atoms with Crippen LogP contribution in [0.15, 0.2) is 48.5 Å². The fourth-order valence-electron chi connectivity index (χ4n) is 3.90. The fraction of sp³-hybridized carbons (Fsp3) is 0.458. The summed E-state index contributed by atoms with van der Waals surface area (Å²) in [5, 5.41) is 3.13. The van der Waals surface area contributed by atoms with Crippen molar-refractivity contribution >= 4 is 6.03 Å². The number of methoxy groups -OCH3 is 1. The van der Waals surface area contributed by atoms with Crippen molar-refractivity contribution in [2.24, 2.45) is 0 Å². The molecule has 3 rings (SSSR count). The summed E-state index contributed by atoms with van der Waals surface area (Å²) in [7, 11) is 5.73. The Hall–Kier alpha value is -2.57. The third-order valence-corrected chi connectivity index (χ3v) is 5.72. The molecule has 0 bridgehead atoms. The largest absolute Gasteiger partial charge is 0.497 e. The topological polar surface area (TPSA) is 48.1 Å². The molecule has 1 saturated heterocycles. The number of urea groups is 1. The summed E-state index contributed by atoms with van der Waals surface area (Å²) in [5.41, 5.74) is 3.78. The lowest BCUT2D eigenvalue weighted by atomic mass is 10.1. The molecule has 0 radical (unpaired) electrons. The van der Waals surface area contributed by atoms with Gasteiger partial charge in [0.1, 0.15) is 5.75 Å². The van der Waals surface area contributed by atoms with E-state index in [9.17, 15) is 4.79 Å². The molecular weight excluding hydrogens is 376 g/mol. The second kappa shape index (κ2) is 10.5. The van der Waals surface area contributed by atoms with Crippen LogP contribution in [0.3, 0.4) is 0 Å². The first-order valence-corrected chi connectivity index (χ1v) is 10.6. The Bertz CT molecular complexity index is 814. The van der Waals surface area contributed by atoms with Gasteiger partial charge in [0.2, 0.25) is 0 Å². The van der Waals surface area contributed by atoms with Gasteiger partial charge < -0.3 is 19.9 Å². The molecule has 1 unspecified atom stereocenters. The molecule has 0 saturated carbocycles. The number of likely N-dealkylation sites (N-methyl/N-ethyl adjacent to an activating group) is 1. The second-order valence-corrected chi connectivity index (χ2v) is 8.19. The van der Waals surface area contributed by atoms with Crippen molar-refractivity contribution in [3.05, 3.63) is 65.2 Å². The number of hydrogen-bond acceptors (Lipinski definition) is 4. The molecule has 1 heterocycles. The van der Waals surface area contributed by atoms with E-state index >= 15 is 0 Å². The van der Waals surface area contributed by atoms with Gasteiger partial charge in [-0.05, 0) is 44.3 Å². The Morgan fingerprint density at radius 2 is 1.80 bits per heavy atom. The lowest BCUT2D eigenvalue weighted by Crippen LogP contribution is -2.52. The number of aryl methyl sites for hydroxylation is 1. The zero-order valence-corrected chi connectivity index (χ0v) is 18.6. The van der Waals surface area contributed by atoms with Gasteiger partial charge in [0.25, 0.3) is 0 Å². The molecule has 2 amide bonds. The Morgan fingerprint density at radius 1 is 1.10 bits per heavy atom. The molecule has 2 aromatic rings. The minimum atomic E-state index is 0.0190. The smallest absolute Gasteiger partial charge is 0.317 e. The van der Waals surface area contributed by atoms with Crippen LogP contribution in [0.2, 0.25) is 0 Å². The van der Waals surface area contributed by atoms with Crippen LogP contribution in [0, 0.1) is 6.92 Å². The number of carbonyl (C=O) groups excluding carboxylic acids is 1. The van der Waals surface area contributed by atoms with Gasteiger partial charge in [-0.15, -0.1) is 0 Å². The van der Waals surface area contributed by atoms with E-state index in [0.717, 1.165) is 44.0 Å². The van der Waals surface area contributed by atoms with Gasteiger partial charge in [0, 0.05) is 39.3 Å². The minimum absolute atomic E-state index is 0.0190. The average Bonchev–Trinajstić information content (AvgIpc) is 2.74. The van der Waals surface area contributed by atoms with Crippen molar-refractivity contribution in [2.75, 3.05) is 53.9 Å². The van der Waals surface area contributed by atoms with E-state index in [0.29, 0.717) is 6.54 Å². The first-order chi connectivity index (χ1) is 14.5. The zero-order valence-electron chi connectivity index (χ0n) is 18.6. The summed E-state index contributed by atoms with van der Waals surface area (Å²) in [6.07, 6.45) is 0. The summed E-state index contributed by atoms with van der Waals surface area (Å²) >= 11 is 0. The molecule has 6 heteroatoms. The lowest BCUT2D eigenvalue weighted by Gasteiger charge is -2.35. The normalized spacial score (nSPS) is 15.8. The second-order valence-electron chi connectivity index (χ2n) is 8.19. The van der Waals surface area contributed by atoms with E-state index in [1.54, 1.807) is 7.11 Å². The van der Waals surface area contributed by atoms with E-state index in [2.05, 4.69) is 58.4 Å². The number of rotatable bonds is 7. The van der Waals surface area contributed by atoms with E-state index in [1.807, 2.05) is 31.1 Å². The Kier molecular flexibility index (Phi) is 7.71. The molecule has 1 atom stereocenters. The van der Waals surface area contributed by atoms with Crippen LogP contribution < -0.4 is 10.1 Å². The monoisotopic (exact) mass is 410 g/mol. The van der Waals surface area contributed by atoms with Gasteiger partial charge in [-0.3, -0.25) is 4.90 Å². The van der Waals surface area contributed by atoms with E-state index in [1.165, 1.54) is 11.1 Å². The van der Waals surface area contributed by atoms with E-state index in [-0.39, 0.29) is 12.1 Å². The summed E-state index contributed by atoms with van der Waals surface area (Å²) in [6.45, 7) is 6.95. The molecule has 0 aromatic heterocycles. The average molecular weight is 411 g/mol. The van der Waals surface area contributed by atoms with Crippen LogP contribution in [0.5, 0.6) is 5.75 Å². The van der Waals surface area contributed by atoms with E-state index in [4.69, 9.17) is 4.74 Å². The number of piperazine rings is 1. The maximum atomic E-state index is 12.7. The molecule has 1 fully saturated rings. The summed E-state index contributed by atoms with van der Waals surface area (Å²) in [4.78, 5) is 19.2. The highest BCUT2D eigenvalue weighted by Gasteiger charge is 2.22. The molecule has 1 aliphatic rings. The summed E-state index contributed by atoms with van der Waals surface area (Å²) < 4.78 is 5.24. The molecule has 2 aromatic carbocycles. The number of ether oxygens (including phenoxy) is 1. The zero-order chi connectivity index (χ0) is 21.5. The molecule has 30 heavy (non-hydrogen) atoms. The third-order valence-electron chi connectivity index (χ3n) is 5.72. The fourth-order valence-corrected chi connectivity index (χ4v) is 3.90. The maximum absolute atomic E-state index is 12.7. The highest BCUT2D eigenvalue weighted by Crippen LogP contribution is 2.21. The van der Waals surface area contributed by atoms with Gasteiger partial charge in [-0.1, -0.05) is 42.0 Å². The summed E-state index contributed by atoms with van der Waals surface area (Å²) in [5.74, 6) is 0.837.